The van der Waals surface area contributed by atoms with Gasteiger partial charge in [-0.05, 0) is 61.1 Å². The Hall–Kier alpha value is -2.60. The van der Waals surface area contributed by atoms with Crippen LogP contribution in [-0.2, 0) is 11.2 Å². The summed E-state index contributed by atoms with van der Waals surface area (Å²) in [7, 11) is 1.65. The van der Waals surface area contributed by atoms with E-state index in [1.54, 1.807) is 18.9 Å². The standard InChI is InChI=1S/C22H24N2O3S.H2/c1-4-27-22(25)24-12-11-17-18-13-16(28-3)9-10-19(18)23-20(17)21(24)14-5-7-15(26-2)8-6-14;/h5-10,13,21,23H,4,11-12H2,1-3H3;1H. The number of nitrogens with one attached hydrogen (secondary N) is 1. The molecule has 148 valence electrons. The molecule has 2 heterocycles. The van der Waals surface area contributed by atoms with Crippen LogP contribution in [-0.4, -0.2) is 42.5 Å². The van der Waals surface area contributed by atoms with Crippen LogP contribution in [0.3, 0.4) is 0 Å². The number of thioether (sulfide) groups is 1. The number of carbonyl (C=O) groups excluding carboxylic acids is 1. The SMILES string of the molecule is CCOC(=O)N1CCc2c([nH]c3ccc(SC)cc23)C1c1ccc(OC)cc1.[HH]. The minimum Gasteiger partial charge on any atom is -0.497 e. The van der Waals surface area contributed by atoms with Crippen LogP contribution in [0.2, 0.25) is 0 Å². The summed E-state index contributed by atoms with van der Waals surface area (Å²) in [6, 6.07) is 14.2. The van der Waals surface area contributed by atoms with E-state index in [4.69, 9.17) is 9.47 Å². The number of benzene rings is 2. The van der Waals surface area contributed by atoms with Crippen molar-refractivity contribution in [2.45, 2.75) is 24.3 Å². The Kier molecular flexibility index (Phi) is 5.22. The van der Waals surface area contributed by atoms with Gasteiger partial charge in [-0.25, -0.2) is 4.79 Å². The number of aromatic nitrogens is 1. The zero-order chi connectivity index (χ0) is 19.7. The topological polar surface area (TPSA) is 54.6 Å². The molecule has 0 radical (unpaired) electrons. The first-order valence-corrected chi connectivity index (χ1v) is 10.6. The molecule has 1 aromatic heterocycles. The van der Waals surface area contributed by atoms with E-state index in [0.717, 1.165) is 28.9 Å². The summed E-state index contributed by atoms with van der Waals surface area (Å²) in [4.78, 5) is 19.3. The normalized spacial score (nSPS) is 16.1. The first-order valence-electron chi connectivity index (χ1n) is 9.42. The van der Waals surface area contributed by atoms with Crippen molar-refractivity contribution in [3.63, 3.8) is 0 Å². The second-order valence-corrected chi connectivity index (χ2v) is 7.63. The molecule has 4 rings (SSSR count). The summed E-state index contributed by atoms with van der Waals surface area (Å²) in [5.74, 6) is 0.795. The molecule has 0 aliphatic carbocycles. The Morgan fingerprint density at radius 3 is 2.75 bits per heavy atom. The smallest absolute Gasteiger partial charge is 0.410 e. The number of carbonyl (C=O) groups is 1. The van der Waals surface area contributed by atoms with Crippen molar-refractivity contribution in [3.8, 4) is 5.75 Å². The number of aromatic amines is 1. The van der Waals surface area contributed by atoms with Gasteiger partial charge < -0.3 is 14.5 Å². The van der Waals surface area contributed by atoms with Crippen LogP contribution in [0.1, 0.15) is 31.2 Å². The quantitative estimate of drug-likeness (QED) is 0.610. The van der Waals surface area contributed by atoms with Crippen molar-refractivity contribution in [3.05, 3.63) is 59.3 Å². The maximum Gasteiger partial charge on any atom is 0.410 e. The molecule has 0 spiro atoms. The number of rotatable bonds is 4. The maximum absolute atomic E-state index is 12.7. The largest absolute Gasteiger partial charge is 0.497 e. The first-order chi connectivity index (χ1) is 13.7. The lowest BCUT2D eigenvalue weighted by atomic mass is 9.92. The Bertz CT molecular complexity index is 1000. The van der Waals surface area contributed by atoms with Gasteiger partial charge in [0.15, 0.2) is 0 Å². The zero-order valence-corrected chi connectivity index (χ0v) is 17.1. The Labute approximate surface area is 170 Å². The van der Waals surface area contributed by atoms with E-state index in [-0.39, 0.29) is 13.6 Å². The molecule has 1 amide bonds. The molecule has 1 unspecified atom stereocenters. The van der Waals surface area contributed by atoms with E-state index in [1.807, 2.05) is 36.1 Å². The molecule has 1 aliphatic heterocycles. The fraction of sp³-hybridized carbons (Fsp3) is 0.318. The molecule has 5 nitrogen and oxygen atoms in total. The van der Waals surface area contributed by atoms with Crippen LogP contribution in [0.25, 0.3) is 10.9 Å². The van der Waals surface area contributed by atoms with E-state index in [2.05, 4.69) is 29.4 Å². The van der Waals surface area contributed by atoms with Crippen LogP contribution in [0.4, 0.5) is 4.79 Å². The molecule has 6 heteroatoms. The van der Waals surface area contributed by atoms with Gasteiger partial charge in [0.1, 0.15) is 11.8 Å². The molecule has 1 N–H and O–H groups in total. The molecule has 0 fully saturated rings. The molecule has 1 aliphatic rings. The van der Waals surface area contributed by atoms with Gasteiger partial charge in [0.05, 0.1) is 13.7 Å². The predicted octanol–water partition coefficient (Wildman–Crippen LogP) is 5.25. The minimum absolute atomic E-state index is 0. The van der Waals surface area contributed by atoms with E-state index in [0.29, 0.717) is 13.2 Å². The zero-order valence-electron chi connectivity index (χ0n) is 16.3. The average Bonchev–Trinajstić information content (AvgIpc) is 3.11. The number of hydrogen-bond acceptors (Lipinski definition) is 4. The van der Waals surface area contributed by atoms with Crippen LogP contribution in [0.5, 0.6) is 5.75 Å². The Balaban J connectivity index is 0.00000240. The number of amides is 1. The van der Waals surface area contributed by atoms with Crippen molar-refractivity contribution in [1.29, 1.82) is 0 Å². The summed E-state index contributed by atoms with van der Waals surface area (Å²) >= 11 is 1.74. The Morgan fingerprint density at radius 2 is 2.07 bits per heavy atom. The minimum atomic E-state index is -0.280. The Morgan fingerprint density at radius 1 is 1.29 bits per heavy atom. The van der Waals surface area contributed by atoms with Crippen molar-refractivity contribution < 1.29 is 15.7 Å². The van der Waals surface area contributed by atoms with Crippen molar-refractivity contribution in [2.75, 3.05) is 26.5 Å². The van der Waals surface area contributed by atoms with E-state index < -0.39 is 0 Å². The lowest BCUT2D eigenvalue weighted by molar-refractivity contribution is 0.0932. The van der Waals surface area contributed by atoms with Crippen LogP contribution >= 0.6 is 11.8 Å². The molecule has 28 heavy (non-hydrogen) atoms. The summed E-state index contributed by atoms with van der Waals surface area (Å²) in [5, 5.41) is 1.24. The second kappa shape index (κ2) is 7.80. The number of methoxy groups -OCH3 is 1. The second-order valence-electron chi connectivity index (χ2n) is 6.75. The molecular weight excluding hydrogens is 372 g/mol. The molecule has 0 saturated heterocycles. The van der Waals surface area contributed by atoms with Gasteiger partial charge in [0, 0.05) is 29.5 Å². The van der Waals surface area contributed by atoms with E-state index in [1.165, 1.54) is 15.8 Å². The van der Waals surface area contributed by atoms with Gasteiger partial charge >= 0.3 is 6.09 Å². The van der Waals surface area contributed by atoms with Crippen molar-refractivity contribution in [2.24, 2.45) is 0 Å². The van der Waals surface area contributed by atoms with Crippen LogP contribution in [0.15, 0.2) is 47.4 Å². The fourth-order valence-electron chi connectivity index (χ4n) is 3.93. The van der Waals surface area contributed by atoms with E-state index in [9.17, 15) is 4.79 Å². The average molecular weight is 399 g/mol. The van der Waals surface area contributed by atoms with Crippen molar-refractivity contribution in [1.82, 2.24) is 9.88 Å². The number of hydrogen-bond donors (Lipinski definition) is 1. The lowest BCUT2D eigenvalue weighted by Crippen LogP contribution is -2.40. The fourth-order valence-corrected chi connectivity index (χ4v) is 4.37. The highest BCUT2D eigenvalue weighted by Crippen LogP contribution is 2.39. The predicted molar refractivity (Wildman–Crippen MR) is 114 cm³/mol. The lowest BCUT2D eigenvalue weighted by Gasteiger charge is -2.35. The molecule has 0 saturated carbocycles. The summed E-state index contributed by atoms with van der Waals surface area (Å²) < 4.78 is 10.6. The molecule has 3 aromatic rings. The highest BCUT2D eigenvalue weighted by molar-refractivity contribution is 7.98. The first kappa shape index (κ1) is 18.7. The van der Waals surface area contributed by atoms with Gasteiger partial charge in [-0.3, -0.25) is 4.90 Å². The van der Waals surface area contributed by atoms with Gasteiger partial charge in [-0.2, -0.15) is 0 Å². The molecule has 0 bridgehead atoms. The summed E-state index contributed by atoms with van der Waals surface area (Å²) in [6.07, 6.45) is 2.61. The maximum atomic E-state index is 12.7. The van der Waals surface area contributed by atoms with Gasteiger partial charge in [-0.1, -0.05) is 12.1 Å². The van der Waals surface area contributed by atoms with Crippen LogP contribution in [0, 0.1) is 0 Å². The molecular formula is C22H26N2O3S. The summed E-state index contributed by atoms with van der Waals surface area (Å²) in [6.45, 7) is 2.82. The number of H-pyrrole nitrogens is 1. The third-order valence-corrected chi connectivity index (χ3v) is 5.99. The third-order valence-electron chi connectivity index (χ3n) is 5.27. The summed E-state index contributed by atoms with van der Waals surface area (Å²) in [5.41, 5.74) is 4.49. The van der Waals surface area contributed by atoms with Gasteiger partial charge in [0.25, 0.3) is 0 Å². The monoisotopic (exact) mass is 398 g/mol. The number of ether oxygens (including phenoxy) is 2. The van der Waals surface area contributed by atoms with Crippen LogP contribution < -0.4 is 4.74 Å². The molecule has 2 aromatic carbocycles. The number of fused-ring (bicyclic) bond motifs is 3. The van der Waals surface area contributed by atoms with Crippen molar-refractivity contribution >= 4 is 28.8 Å². The highest BCUT2D eigenvalue weighted by atomic mass is 32.2. The van der Waals surface area contributed by atoms with Gasteiger partial charge in [-0.15, -0.1) is 11.8 Å². The van der Waals surface area contributed by atoms with Gasteiger partial charge in [0.2, 0.25) is 0 Å². The molecule has 1 atom stereocenters. The number of nitrogens with zero attached hydrogens (tertiary/aromatic N) is 1. The van der Waals surface area contributed by atoms with E-state index >= 15 is 0 Å². The third kappa shape index (κ3) is 3.22. The highest BCUT2D eigenvalue weighted by Gasteiger charge is 2.35.